The summed E-state index contributed by atoms with van der Waals surface area (Å²) in [7, 11) is 0. The Morgan fingerprint density at radius 1 is 1.05 bits per heavy atom. The molecule has 1 N–H and O–H groups in total. The SMILES string of the molecule is CC1(C)CCC(CN2CCN(Cc3cc4c(cc3F)C(=O)N(C3CCC(=O)NC3=O)C4)C(CF)C2)=C(c2ccc(Cl)cc2)C1. The number of hydrogen-bond donors (Lipinski definition) is 1. The van der Waals surface area contributed by atoms with E-state index in [1.165, 1.54) is 27.7 Å². The second kappa shape index (κ2) is 12.3. The first-order chi connectivity index (χ1) is 21.0. The molecule has 2 atom stereocenters. The molecule has 3 amide bonds. The van der Waals surface area contributed by atoms with Gasteiger partial charge in [-0.3, -0.25) is 29.5 Å². The first kappa shape index (κ1) is 30.9. The monoisotopic (exact) mass is 624 g/mol. The highest BCUT2D eigenvalue weighted by molar-refractivity contribution is 6.30. The molecule has 2 aromatic rings. The minimum Gasteiger partial charge on any atom is -0.322 e. The lowest BCUT2D eigenvalue weighted by Crippen LogP contribution is -2.54. The molecule has 2 aromatic carbocycles. The number of carbonyl (C=O) groups is 3. The molecule has 0 aromatic heterocycles. The number of alkyl halides is 1. The fourth-order valence-electron chi connectivity index (χ4n) is 7.17. The van der Waals surface area contributed by atoms with Crippen LogP contribution in [-0.4, -0.2) is 77.4 Å². The average molecular weight is 625 g/mol. The second-order valence-electron chi connectivity index (χ2n) is 13.4. The van der Waals surface area contributed by atoms with Crippen molar-refractivity contribution in [2.45, 2.75) is 71.1 Å². The highest BCUT2D eigenvalue weighted by atomic mass is 35.5. The summed E-state index contributed by atoms with van der Waals surface area (Å²) < 4.78 is 29.8. The van der Waals surface area contributed by atoms with Crippen molar-refractivity contribution in [2.24, 2.45) is 5.41 Å². The lowest BCUT2D eigenvalue weighted by Gasteiger charge is -2.42. The maximum atomic E-state index is 15.3. The van der Waals surface area contributed by atoms with Crippen molar-refractivity contribution < 1.29 is 23.2 Å². The van der Waals surface area contributed by atoms with Gasteiger partial charge in [-0.2, -0.15) is 0 Å². The quantitative estimate of drug-likeness (QED) is 0.420. The van der Waals surface area contributed by atoms with E-state index >= 15 is 4.39 Å². The van der Waals surface area contributed by atoms with Crippen LogP contribution in [0.3, 0.4) is 0 Å². The Morgan fingerprint density at radius 3 is 2.55 bits per heavy atom. The van der Waals surface area contributed by atoms with Crippen LogP contribution in [-0.2, 0) is 22.7 Å². The van der Waals surface area contributed by atoms with E-state index in [4.69, 9.17) is 11.6 Å². The fraction of sp³-hybridized carbons (Fsp3) is 0.500. The van der Waals surface area contributed by atoms with E-state index in [1.54, 1.807) is 6.07 Å². The highest BCUT2D eigenvalue weighted by Crippen LogP contribution is 2.43. The average Bonchev–Trinajstić information content (AvgIpc) is 3.29. The van der Waals surface area contributed by atoms with Gasteiger partial charge in [-0.25, -0.2) is 8.78 Å². The number of nitrogens with zero attached hydrogens (tertiary/aromatic N) is 3. The first-order valence-electron chi connectivity index (χ1n) is 15.5. The maximum absolute atomic E-state index is 15.3. The van der Waals surface area contributed by atoms with Gasteiger partial charge < -0.3 is 4.90 Å². The summed E-state index contributed by atoms with van der Waals surface area (Å²) in [5.41, 5.74) is 5.46. The van der Waals surface area contributed by atoms with Crippen LogP contribution in [0, 0.1) is 11.2 Å². The van der Waals surface area contributed by atoms with Gasteiger partial charge in [0.1, 0.15) is 18.5 Å². The molecule has 44 heavy (non-hydrogen) atoms. The number of benzene rings is 2. The number of allylic oxidation sites excluding steroid dienone is 1. The van der Waals surface area contributed by atoms with Crippen LogP contribution < -0.4 is 5.32 Å². The first-order valence-corrected chi connectivity index (χ1v) is 15.8. The van der Waals surface area contributed by atoms with Gasteiger partial charge in [-0.15, -0.1) is 0 Å². The zero-order valence-corrected chi connectivity index (χ0v) is 26.1. The molecular formula is C34H39ClF2N4O3. The predicted molar refractivity (Wildman–Crippen MR) is 165 cm³/mol. The van der Waals surface area contributed by atoms with Crippen molar-refractivity contribution >= 4 is 34.9 Å². The van der Waals surface area contributed by atoms with E-state index in [0.29, 0.717) is 29.2 Å². The molecule has 3 aliphatic heterocycles. The highest BCUT2D eigenvalue weighted by Gasteiger charge is 2.40. The molecule has 4 aliphatic rings. The number of hydrogen-bond acceptors (Lipinski definition) is 5. The summed E-state index contributed by atoms with van der Waals surface area (Å²) in [6.07, 6.45) is 3.49. The van der Waals surface area contributed by atoms with Crippen LogP contribution in [0.25, 0.3) is 5.57 Å². The summed E-state index contributed by atoms with van der Waals surface area (Å²) in [5.74, 6) is -1.77. The van der Waals surface area contributed by atoms with E-state index in [2.05, 4.69) is 36.2 Å². The molecule has 1 aliphatic carbocycles. The van der Waals surface area contributed by atoms with Gasteiger partial charge in [0, 0.05) is 61.8 Å². The van der Waals surface area contributed by atoms with Crippen molar-refractivity contribution in [3.63, 3.8) is 0 Å². The number of carbonyl (C=O) groups excluding carboxylic acids is 3. The third-order valence-electron chi connectivity index (χ3n) is 9.72. The van der Waals surface area contributed by atoms with Gasteiger partial charge in [0.25, 0.3) is 5.91 Å². The minimum atomic E-state index is -0.756. The van der Waals surface area contributed by atoms with Gasteiger partial charge in [0.2, 0.25) is 11.8 Å². The zero-order valence-electron chi connectivity index (χ0n) is 25.3. The molecule has 2 fully saturated rings. The lowest BCUT2D eigenvalue weighted by atomic mass is 9.72. The van der Waals surface area contributed by atoms with Crippen LogP contribution in [0.4, 0.5) is 8.78 Å². The number of fused-ring (bicyclic) bond motifs is 1. The second-order valence-corrected chi connectivity index (χ2v) is 13.9. The molecule has 2 saturated heterocycles. The molecule has 10 heteroatoms. The Kier molecular flexibility index (Phi) is 8.65. The minimum absolute atomic E-state index is 0.157. The Labute approximate surface area is 262 Å². The Balaban J connectivity index is 1.14. The number of piperazine rings is 1. The number of piperidine rings is 1. The van der Waals surface area contributed by atoms with Gasteiger partial charge in [-0.05, 0) is 72.1 Å². The Morgan fingerprint density at radius 2 is 1.82 bits per heavy atom. The van der Waals surface area contributed by atoms with Crippen LogP contribution in [0.5, 0.6) is 0 Å². The molecule has 2 unspecified atom stereocenters. The van der Waals surface area contributed by atoms with E-state index in [-0.39, 0.29) is 48.9 Å². The molecule has 0 bridgehead atoms. The molecule has 6 rings (SSSR count). The van der Waals surface area contributed by atoms with Crippen molar-refractivity contribution in [1.82, 2.24) is 20.0 Å². The van der Waals surface area contributed by atoms with Crippen molar-refractivity contribution in [3.05, 3.63) is 75.1 Å². The smallest absolute Gasteiger partial charge is 0.255 e. The van der Waals surface area contributed by atoms with Gasteiger partial charge in [0.05, 0.1) is 6.04 Å². The summed E-state index contributed by atoms with van der Waals surface area (Å²) >= 11 is 6.16. The third kappa shape index (κ3) is 6.32. The largest absolute Gasteiger partial charge is 0.322 e. The number of nitrogens with one attached hydrogen (secondary N) is 1. The Hall–Kier alpha value is -3.14. The molecule has 0 spiro atoms. The van der Waals surface area contributed by atoms with E-state index in [9.17, 15) is 18.8 Å². The van der Waals surface area contributed by atoms with Gasteiger partial charge in [-0.1, -0.05) is 43.2 Å². The number of halogens is 3. The van der Waals surface area contributed by atoms with E-state index < -0.39 is 30.3 Å². The lowest BCUT2D eigenvalue weighted by molar-refractivity contribution is -0.136. The number of imide groups is 1. The summed E-state index contributed by atoms with van der Waals surface area (Å²) in [6, 6.07) is 9.83. The van der Waals surface area contributed by atoms with Gasteiger partial charge >= 0.3 is 0 Å². The van der Waals surface area contributed by atoms with Crippen LogP contribution in [0.15, 0.2) is 42.0 Å². The summed E-state index contributed by atoms with van der Waals surface area (Å²) in [5, 5.41) is 3.00. The molecule has 0 radical (unpaired) electrons. The summed E-state index contributed by atoms with van der Waals surface area (Å²) in [4.78, 5) is 42.7. The number of rotatable bonds is 7. The zero-order chi connectivity index (χ0) is 31.2. The Bertz CT molecular complexity index is 1510. The van der Waals surface area contributed by atoms with Gasteiger partial charge in [0.15, 0.2) is 0 Å². The predicted octanol–water partition coefficient (Wildman–Crippen LogP) is 5.36. The van der Waals surface area contributed by atoms with E-state index in [0.717, 1.165) is 32.4 Å². The topological polar surface area (TPSA) is 73.0 Å². The molecular weight excluding hydrogens is 586 g/mol. The maximum Gasteiger partial charge on any atom is 0.255 e. The van der Waals surface area contributed by atoms with Crippen LogP contribution in [0.2, 0.25) is 5.02 Å². The van der Waals surface area contributed by atoms with Crippen LogP contribution in [0.1, 0.15) is 73.0 Å². The standard InChI is InChI=1S/C34H39ClF2N4O3/c1-34(2)10-9-22(28(15-34)21-3-5-25(35)6-4-21)17-39-11-12-40(26(16-36)20-39)18-24-13-23-19-41(33(44)27(23)14-29(24)37)30-7-8-31(42)38-32(30)43/h3-6,13-14,26,30H,7-12,15-20H2,1-2H3,(H,38,42,43). The summed E-state index contributed by atoms with van der Waals surface area (Å²) in [6.45, 7) is 7.15. The fourth-order valence-corrected chi connectivity index (χ4v) is 7.30. The molecule has 0 saturated carbocycles. The molecule has 234 valence electrons. The normalized spacial score (nSPS) is 24.6. The van der Waals surface area contributed by atoms with Crippen molar-refractivity contribution in [1.29, 1.82) is 0 Å². The number of amides is 3. The van der Waals surface area contributed by atoms with E-state index in [1.807, 2.05) is 17.0 Å². The molecule has 7 nitrogen and oxygen atoms in total. The molecule has 3 heterocycles. The van der Waals surface area contributed by atoms with Crippen molar-refractivity contribution in [2.75, 3.05) is 32.9 Å². The van der Waals surface area contributed by atoms with Crippen LogP contribution >= 0.6 is 11.6 Å². The third-order valence-corrected chi connectivity index (χ3v) is 9.98. The van der Waals surface area contributed by atoms with Crippen molar-refractivity contribution in [3.8, 4) is 0 Å².